The van der Waals surface area contributed by atoms with Crippen LogP contribution in [0.2, 0.25) is 0 Å². The number of carbonyl (C=O) groups excluding carboxylic acids is 2. The number of halogens is 3. The summed E-state index contributed by atoms with van der Waals surface area (Å²) in [7, 11) is 0. The van der Waals surface area contributed by atoms with Crippen LogP contribution in [-0.4, -0.2) is 40.2 Å². The Kier molecular flexibility index (Phi) is 3.08. The summed E-state index contributed by atoms with van der Waals surface area (Å²) in [5.41, 5.74) is -1.65. The fraction of sp³-hybridized carbons (Fsp3) is 0.667. The van der Waals surface area contributed by atoms with E-state index < -0.39 is 36.3 Å². The number of carbonyl (C=O) groups is 2. The molecule has 0 aliphatic carbocycles. The largest absolute Gasteiger partial charge is 0.391 e. The van der Waals surface area contributed by atoms with Crippen molar-refractivity contribution in [2.45, 2.75) is 24.4 Å². The van der Waals surface area contributed by atoms with Crippen LogP contribution in [0.1, 0.15) is 6.42 Å². The van der Waals surface area contributed by atoms with Crippen LogP contribution in [0.25, 0.3) is 0 Å². The van der Waals surface area contributed by atoms with Crippen molar-refractivity contribution in [1.29, 1.82) is 0 Å². The van der Waals surface area contributed by atoms with Gasteiger partial charge < -0.3 is 15.6 Å². The van der Waals surface area contributed by atoms with Crippen LogP contribution in [0.15, 0.2) is 0 Å². The molecule has 10 heteroatoms. The van der Waals surface area contributed by atoms with Crippen LogP contribution >= 0.6 is 0 Å². The van der Waals surface area contributed by atoms with Crippen molar-refractivity contribution in [3.8, 4) is 0 Å². The first kappa shape index (κ1) is 12.7. The van der Waals surface area contributed by atoms with Gasteiger partial charge in [0.15, 0.2) is 11.8 Å². The first-order chi connectivity index (χ1) is 7.21. The number of rotatable bonds is 2. The molecule has 7 nitrogen and oxygen atoms in total. The number of amides is 3. The average Bonchev–Trinajstić information content (AvgIpc) is 2.09. The van der Waals surface area contributed by atoms with E-state index in [-0.39, 0.29) is 0 Å². The number of hydrogen-bond acceptors (Lipinski definition) is 5. The maximum absolute atomic E-state index is 12.2. The summed E-state index contributed by atoms with van der Waals surface area (Å²) in [4.78, 5) is 21.9. The summed E-state index contributed by atoms with van der Waals surface area (Å²) in [5, 5.41) is 21.0. The molecule has 0 aromatic heterocycles. The lowest BCUT2D eigenvalue weighted by Gasteiger charge is -2.38. The predicted molar refractivity (Wildman–Crippen MR) is 41.0 cm³/mol. The van der Waals surface area contributed by atoms with Gasteiger partial charge in [-0.2, -0.15) is 18.7 Å². The molecule has 2 atom stereocenters. The van der Waals surface area contributed by atoms with E-state index >= 15 is 0 Å². The zero-order valence-corrected chi connectivity index (χ0v) is 7.63. The van der Waals surface area contributed by atoms with Crippen molar-refractivity contribution in [1.82, 2.24) is 16.1 Å². The Morgan fingerprint density at radius 3 is 2.38 bits per heavy atom. The molecular weight excluding hydrogens is 235 g/mol. The standard InChI is InChI=1S/C6H8F3N3O4/c7-6(8,9)1-5(12-16)2(13)10-4(15)11-3(5)14/h2,12-13,16H,1H2,(H2,10,11,14,15). The molecule has 5 N–H and O–H groups in total. The fourth-order valence-electron chi connectivity index (χ4n) is 1.27. The van der Waals surface area contributed by atoms with E-state index in [9.17, 15) is 27.9 Å². The van der Waals surface area contributed by atoms with E-state index in [2.05, 4.69) is 0 Å². The highest BCUT2D eigenvalue weighted by atomic mass is 19.4. The zero-order valence-electron chi connectivity index (χ0n) is 7.63. The number of hydrogen-bond donors (Lipinski definition) is 5. The van der Waals surface area contributed by atoms with Crippen LogP contribution in [0.5, 0.6) is 0 Å². The van der Waals surface area contributed by atoms with E-state index in [1.165, 1.54) is 5.32 Å². The number of hydroxylamine groups is 1. The highest BCUT2D eigenvalue weighted by Gasteiger charge is 2.56. The van der Waals surface area contributed by atoms with Gasteiger partial charge >= 0.3 is 12.2 Å². The Morgan fingerprint density at radius 2 is 2.00 bits per heavy atom. The summed E-state index contributed by atoms with van der Waals surface area (Å²) in [6.07, 6.45) is -8.86. The molecule has 1 rings (SSSR count). The Labute approximate surface area is 86.6 Å². The third kappa shape index (κ3) is 2.23. The number of alkyl halides is 3. The normalized spacial score (nSPS) is 30.9. The fourth-order valence-corrected chi connectivity index (χ4v) is 1.27. The van der Waals surface area contributed by atoms with Gasteiger partial charge in [0.25, 0.3) is 5.91 Å². The molecule has 0 spiro atoms. The third-order valence-electron chi connectivity index (χ3n) is 2.05. The number of nitrogens with one attached hydrogen (secondary N) is 3. The molecule has 0 saturated carbocycles. The molecule has 1 aliphatic rings. The molecule has 3 amide bonds. The Balaban J connectivity index is 3.01. The van der Waals surface area contributed by atoms with Crippen LogP contribution in [-0.2, 0) is 4.79 Å². The van der Waals surface area contributed by atoms with Crippen molar-refractivity contribution in [2.24, 2.45) is 0 Å². The highest BCUT2D eigenvalue weighted by molar-refractivity contribution is 6.02. The molecule has 0 radical (unpaired) electrons. The summed E-state index contributed by atoms with van der Waals surface area (Å²) < 4.78 is 36.5. The van der Waals surface area contributed by atoms with E-state index in [1.807, 2.05) is 0 Å². The summed E-state index contributed by atoms with van der Waals surface area (Å²) in [6, 6.07) is -1.15. The monoisotopic (exact) mass is 243 g/mol. The SMILES string of the molecule is O=C1NC(=O)C(CC(F)(F)F)(NO)C(O)N1. The van der Waals surface area contributed by atoms with E-state index in [4.69, 9.17) is 5.21 Å². The second kappa shape index (κ2) is 3.88. The van der Waals surface area contributed by atoms with Crippen LogP contribution in [0, 0.1) is 0 Å². The molecule has 1 heterocycles. The van der Waals surface area contributed by atoms with Crippen LogP contribution in [0.4, 0.5) is 18.0 Å². The molecule has 2 unspecified atom stereocenters. The molecule has 1 fully saturated rings. The second-order valence-corrected chi connectivity index (χ2v) is 3.21. The Hall–Kier alpha value is -1.39. The van der Waals surface area contributed by atoms with Crippen molar-refractivity contribution in [3.05, 3.63) is 0 Å². The maximum atomic E-state index is 12.2. The first-order valence-electron chi connectivity index (χ1n) is 3.99. The van der Waals surface area contributed by atoms with Crippen LogP contribution in [0.3, 0.4) is 0 Å². The minimum Gasteiger partial charge on any atom is -0.371 e. The molecule has 1 aliphatic heterocycles. The van der Waals surface area contributed by atoms with Gasteiger partial charge in [0.2, 0.25) is 0 Å². The van der Waals surface area contributed by atoms with Gasteiger partial charge in [-0.05, 0) is 0 Å². The lowest BCUT2D eigenvalue weighted by atomic mass is 9.91. The minimum absolute atomic E-state index is 1.10. The maximum Gasteiger partial charge on any atom is 0.391 e. The van der Waals surface area contributed by atoms with Gasteiger partial charge in [-0.25, -0.2) is 4.79 Å². The molecular formula is C6H8F3N3O4. The quantitative estimate of drug-likeness (QED) is 0.392. The topological polar surface area (TPSA) is 111 Å². The number of urea groups is 1. The minimum atomic E-state index is -4.82. The van der Waals surface area contributed by atoms with Crippen molar-refractivity contribution in [2.75, 3.05) is 0 Å². The molecule has 0 bridgehead atoms. The molecule has 1 saturated heterocycles. The lowest BCUT2D eigenvalue weighted by Crippen LogP contribution is -2.74. The van der Waals surface area contributed by atoms with E-state index in [1.54, 1.807) is 5.32 Å². The van der Waals surface area contributed by atoms with Gasteiger partial charge in [-0.3, -0.25) is 10.1 Å². The molecule has 16 heavy (non-hydrogen) atoms. The summed E-state index contributed by atoms with van der Waals surface area (Å²) >= 11 is 0. The Morgan fingerprint density at radius 1 is 1.44 bits per heavy atom. The highest BCUT2D eigenvalue weighted by Crippen LogP contribution is 2.30. The Bertz CT molecular complexity index is 321. The van der Waals surface area contributed by atoms with Gasteiger partial charge in [-0.1, -0.05) is 0 Å². The number of imide groups is 1. The van der Waals surface area contributed by atoms with Gasteiger partial charge in [0.05, 0.1) is 6.42 Å². The van der Waals surface area contributed by atoms with Crippen molar-refractivity contribution in [3.63, 3.8) is 0 Å². The van der Waals surface area contributed by atoms with Crippen LogP contribution < -0.4 is 16.1 Å². The van der Waals surface area contributed by atoms with Gasteiger partial charge in [0.1, 0.15) is 0 Å². The first-order valence-corrected chi connectivity index (χ1v) is 3.99. The predicted octanol–water partition coefficient (Wildman–Crippen LogP) is -1.19. The number of aliphatic hydroxyl groups excluding tert-OH is 1. The number of aliphatic hydroxyl groups is 1. The van der Waals surface area contributed by atoms with E-state index in [0.717, 1.165) is 5.48 Å². The molecule has 0 aromatic carbocycles. The smallest absolute Gasteiger partial charge is 0.371 e. The zero-order chi connectivity index (χ0) is 12.6. The average molecular weight is 243 g/mol. The van der Waals surface area contributed by atoms with Gasteiger partial charge in [-0.15, -0.1) is 0 Å². The molecule has 0 aromatic rings. The van der Waals surface area contributed by atoms with E-state index in [0.29, 0.717) is 0 Å². The lowest BCUT2D eigenvalue weighted by molar-refractivity contribution is -0.186. The summed E-state index contributed by atoms with van der Waals surface area (Å²) in [6.45, 7) is 0. The van der Waals surface area contributed by atoms with Gasteiger partial charge in [0, 0.05) is 0 Å². The van der Waals surface area contributed by atoms with Crippen molar-refractivity contribution >= 4 is 11.9 Å². The third-order valence-corrected chi connectivity index (χ3v) is 2.05. The summed E-state index contributed by atoms with van der Waals surface area (Å²) in [5.74, 6) is -1.47. The van der Waals surface area contributed by atoms with Crippen molar-refractivity contribution < 1.29 is 33.1 Å². The second-order valence-electron chi connectivity index (χ2n) is 3.21. The molecule has 92 valence electrons.